The number of nitrogens with zero attached hydrogens (tertiary/aromatic N) is 2. The number of oxime groups is 1. The van der Waals surface area contributed by atoms with Crippen molar-refractivity contribution in [3.05, 3.63) is 29.8 Å². The highest BCUT2D eigenvalue weighted by Gasteiger charge is 2.34. The van der Waals surface area contributed by atoms with E-state index in [0.29, 0.717) is 17.8 Å². The van der Waals surface area contributed by atoms with E-state index in [2.05, 4.69) is 5.16 Å². The summed E-state index contributed by atoms with van der Waals surface area (Å²) in [5, 5.41) is 5.30. The molecule has 1 aliphatic heterocycles. The number of carbonyl (C=O) groups is 2. The van der Waals surface area contributed by atoms with Crippen molar-refractivity contribution in [1.82, 2.24) is 5.32 Å². The molecule has 0 unspecified atom stereocenters. The van der Waals surface area contributed by atoms with E-state index in [1.807, 2.05) is 6.92 Å². The maximum atomic E-state index is 12.4. The van der Waals surface area contributed by atoms with E-state index in [-0.39, 0.29) is 11.6 Å². The summed E-state index contributed by atoms with van der Waals surface area (Å²) in [6, 6.07) is 6.96. The van der Waals surface area contributed by atoms with Crippen LogP contribution in [0.3, 0.4) is 0 Å². The lowest BCUT2D eigenvalue weighted by molar-refractivity contribution is -0.141. The monoisotopic (exact) mass is 343 g/mol. The Morgan fingerprint density at radius 1 is 1.33 bits per heavy atom. The molecular formula is C15H16F3N3O3. The standard InChI is InChI=1S/C15H16F3N3O3/c1-2-7-21-11-6-4-3-5-10(11)13(14(21)23)20-24-8-12(22)19-9-15(16,17)18/h3-6H,2,7-9H2,1H3,(H,19,22). The summed E-state index contributed by atoms with van der Waals surface area (Å²) < 4.78 is 35.9. The normalized spacial score (nSPS) is 15.6. The van der Waals surface area contributed by atoms with E-state index in [1.54, 1.807) is 34.5 Å². The summed E-state index contributed by atoms with van der Waals surface area (Å²) >= 11 is 0. The van der Waals surface area contributed by atoms with Gasteiger partial charge in [-0.2, -0.15) is 13.2 Å². The van der Waals surface area contributed by atoms with Gasteiger partial charge in [-0.25, -0.2) is 0 Å². The molecule has 1 aromatic carbocycles. The fourth-order valence-electron chi connectivity index (χ4n) is 2.20. The Labute approximate surface area is 136 Å². The number of benzene rings is 1. The lowest BCUT2D eigenvalue weighted by Gasteiger charge is -2.14. The first kappa shape index (κ1) is 17.8. The van der Waals surface area contributed by atoms with Gasteiger partial charge in [0.05, 0.1) is 5.69 Å². The largest absolute Gasteiger partial charge is 0.405 e. The van der Waals surface area contributed by atoms with Gasteiger partial charge in [0, 0.05) is 12.1 Å². The highest BCUT2D eigenvalue weighted by atomic mass is 19.4. The minimum absolute atomic E-state index is 0.0303. The summed E-state index contributed by atoms with van der Waals surface area (Å²) in [4.78, 5) is 29.9. The van der Waals surface area contributed by atoms with Crippen molar-refractivity contribution in [3.63, 3.8) is 0 Å². The number of fused-ring (bicyclic) bond motifs is 1. The van der Waals surface area contributed by atoms with Crippen LogP contribution in [0.15, 0.2) is 29.4 Å². The Morgan fingerprint density at radius 3 is 2.71 bits per heavy atom. The molecular weight excluding hydrogens is 327 g/mol. The number of hydrogen-bond donors (Lipinski definition) is 1. The summed E-state index contributed by atoms with van der Waals surface area (Å²) in [6.07, 6.45) is -3.75. The Hall–Kier alpha value is -2.58. The SMILES string of the molecule is CCCN1C(=O)C(=NOCC(=O)NCC(F)(F)F)c2ccccc21. The molecule has 0 saturated heterocycles. The van der Waals surface area contributed by atoms with E-state index in [0.717, 1.165) is 6.42 Å². The first-order chi connectivity index (χ1) is 11.3. The molecule has 6 nitrogen and oxygen atoms in total. The van der Waals surface area contributed by atoms with Crippen LogP contribution >= 0.6 is 0 Å². The second-order valence-corrected chi connectivity index (χ2v) is 5.08. The third-order valence-electron chi connectivity index (χ3n) is 3.18. The second kappa shape index (κ2) is 7.33. The molecule has 0 aliphatic carbocycles. The number of nitrogens with one attached hydrogen (secondary N) is 1. The van der Waals surface area contributed by atoms with Crippen molar-refractivity contribution in [3.8, 4) is 0 Å². The molecule has 1 N–H and O–H groups in total. The quantitative estimate of drug-likeness (QED) is 0.801. The molecule has 9 heteroatoms. The van der Waals surface area contributed by atoms with E-state index in [9.17, 15) is 22.8 Å². The molecule has 0 aromatic heterocycles. The lowest BCUT2D eigenvalue weighted by Crippen LogP contribution is -2.35. The summed E-state index contributed by atoms with van der Waals surface area (Å²) in [5.74, 6) is -1.34. The summed E-state index contributed by atoms with van der Waals surface area (Å²) in [7, 11) is 0. The first-order valence-corrected chi connectivity index (χ1v) is 7.28. The van der Waals surface area contributed by atoms with Gasteiger partial charge in [0.25, 0.3) is 11.8 Å². The average Bonchev–Trinajstić information content (AvgIpc) is 2.78. The molecule has 0 atom stereocenters. The third kappa shape index (κ3) is 4.24. The minimum atomic E-state index is -4.50. The fraction of sp³-hybridized carbons (Fsp3) is 0.400. The maximum absolute atomic E-state index is 12.4. The molecule has 2 amide bonds. The van der Waals surface area contributed by atoms with Gasteiger partial charge in [0.1, 0.15) is 6.54 Å². The number of para-hydroxylation sites is 1. The van der Waals surface area contributed by atoms with Crippen molar-refractivity contribution >= 4 is 23.2 Å². The van der Waals surface area contributed by atoms with Gasteiger partial charge >= 0.3 is 6.18 Å². The molecule has 1 aliphatic rings. The molecule has 0 radical (unpaired) electrons. The van der Waals surface area contributed by atoms with Crippen molar-refractivity contribution < 1.29 is 27.6 Å². The molecule has 130 valence electrons. The zero-order chi connectivity index (χ0) is 17.7. The number of rotatable bonds is 6. The molecule has 2 rings (SSSR count). The molecule has 1 heterocycles. The average molecular weight is 343 g/mol. The third-order valence-corrected chi connectivity index (χ3v) is 3.18. The van der Waals surface area contributed by atoms with Gasteiger partial charge in [-0.15, -0.1) is 0 Å². The van der Waals surface area contributed by atoms with Crippen LogP contribution in [0.2, 0.25) is 0 Å². The van der Waals surface area contributed by atoms with Crippen LogP contribution in [-0.4, -0.2) is 43.4 Å². The smallest absolute Gasteiger partial charge is 0.385 e. The predicted molar refractivity (Wildman–Crippen MR) is 80.6 cm³/mol. The Balaban J connectivity index is 2.02. The Kier molecular flexibility index (Phi) is 5.42. The Morgan fingerprint density at radius 2 is 2.04 bits per heavy atom. The fourth-order valence-corrected chi connectivity index (χ4v) is 2.20. The van der Waals surface area contributed by atoms with Gasteiger partial charge < -0.3 is 15.1 Å². The zero-order valence-corrected chi connectivity index (χ0v) is 12.9. The number of anilines is 1. The molecule has 0 spiro atoms. The maximum Gasteiger partial charge on any atom is 0.405 e. The molecule has 0 saturated carbocycles. The molecule has 0 bridgehead atoms. The number of carbonyl (C=O) groups excluding carboxylic acids is 2. The molecule has 24 heavy (non-hydrogen) atoms. The summed E-state index contributed by atoms with van der Waals surface area (Å²) in [6.45, 7) is 0.272. The van der Waals surface area contributed by atoms with Gasteiger partial charge in [-0.1, -0.05) is 30.3 Å². The van der Waals surface area contributed by atoms with E-state index < -0.39 is 25.2 Å². The van der Waals surface area contributed by atoms with Gasteiger partial charge in [-0.05, 0) is 12.5 Å². The van der Waals surface area contributed by atoms with E-state index >= 15 is 0 Å². The van der Waals surface area contributed by atoms with Crippen LogP contribution in [0.1, 0.15) is 18.9 Å². The highest BCUT2D eigenvalue weighted by Crippen LogP contribution is 2.29. The van der Waals surface area contributed by atoms with Crippen LogP contribution in [-0.2, 0) is 14.4 Å². The lowest BCUT2D eigenvalue weighted by atomic mass is 10.1. The van der Waals surface area contributed by atoms with Crippen molar-refractivity contribution in [2.75, 3.05) is 24.6 Å². The van der Waals surface area contributed by atoms with Crippen LogP contribution < -0.4 is 10.2 Å². The molecule has 0 fully saturated rings. The van der Waals surface area contributed by atoms with Crippen LogP contribution in [0.4, 0.5) is 18.9 Å². The van der Waals surface area contributed by atoms with Gasteiger partial charge in [-0.3, -0.25) is 9.59 Å². The van der Waals surface area contributed by atoms with Crippen LogP contribution in [0.5, 0.6) is 0 Å². The van der Waals surface area contributed by atoms with Crippen LogP contribution in [0.25, 0.3) is 0 Å². The Bertz CT molecular complexity index is 659. The number of amides is 2. The van der Waals surface area contributed by atoms with Crippen LogP contribution in [0, 0.1) is 0 Å². The van der Waals surface area contributed by atoms with E-state index in [4.69, 9.17) is 4.84 Å². The number of alkyl halides is 3. The topological polar surface area (TPSA) is 71.0 Å². The second-order valence-electron chi connectivity index (χ2n) is 5.08. The van der Waals surface area contributed by atoms with Crippen molar-refractivity contribution in [2.24, 2.45) is 5.16 Å². The van der Waals surface area contributed by atoms with Gasteiger partial charge in [0.15, 0.2) is 12.3 Å². The zero-order valence-electron chi connectivity index (χ0n) is 12.9. The summed E-state index contributed by atoms with van der Waals surface area (Å²) in [5.41, 5.74) is 1.28. The van der Waals surface area contributed by atoms with Crippen molar-refractivity contribution in [1.29, 1.82) is 0 Å². The number of halogens is 3. The minimum Gasteiger partial charge on any atom is -0.385 e. The highest BCUT2D eigenvalue weighted by molar-refractivity contribution is 6.54. The van der Waals surface area contributed by atoms with E-state index in [1.165, 1.54) is 0 Å². The number of hydrogen-bond acceptors (Lipinski definition) is 4. The van der Waals surface area contributed by atoms with Crippen molar-refractivity contribution in [2.45, 2.75) is 19.5 Å². The molecule has 1 aromatic rings. The first-order valence-electron chi connectivity index (χ1n) is 7.28. The predicted octanol–water partition coefficient (Wildman–Crippen LogP) is 1.84. The van der Waals surface area contributed by atoms with Gasteiger partial charge in [0.2, 0.25) is 0 Å².